The van der Waals surface area contributed by atoms with Crippen LogP contribution in [0.1, 0.15) is 36.5 Å². The lowest BCUT2D eigenvalue weighted by Gasteiger charge is -2.12. The maximum absolute atomic E-state index is 13.2. The second-order valence-electron chi connectivity index (χ2n) is 9.33. The number of ether oxygens (including phenoxy) is 1. The second kappa shape index (κ2) is 11.5. The molecule has 0 spiro atoms. The molecular weight excluding hydrogens is 545 g/mol. The molecule has 2 saturated heterocycles. The number of rotatable bonds is 8. The number of carbonyl (C=O) groups excluding carboxylic acids is 3. The number of halogens is 2. The quantitative estimate of drug-likeness (QED) is 0.333. The molecular formula is C28H27Cl2N3O4S. The number of carbonyl (C=O) groups is 3. The van der Waals surface area contributed by atoms with E-state index in [2.05, 4.69) is 12.2 Å². The highest BCUT2D eigenvalue weighted by Crippen LogP contribution is 2.36. The molecule has 38 heavy (non-hydrogen) atoms. The Bertz CT molecular complexity index is 1450. The minimum absolute atomic E-state index is 0.0710. The van der Waals surface area contributed by atoms with Crippen molar-refractivity contribution in [1.29, 1.82) is 0 Å². The molecule has 3 amide bonds. The standard InChI is InChI=1S/C28H27Cl2N3O4S/c1-2-18-5-3-7-21-19(15-32(26(18)21)16-25(34)31-13-20-6-4-10-37-20)12-24-27(35)33(28(36)38-24)14-17-8-9-22(29)23(30)11-17/h3,5,7-9,11-12,15,20H,2,4,6,10,13-14,16H2,1H3,(H,31,34)/b24-12-/t20-/m0/s1. The minimum Gasteiger partial charge on any atom is -0.376 e. The van der Waals surface area contributed by atoms with E-state index >= 15 is 0 Å². The number of aromatic nitrogens is 1. The highest BCUT2D eigenvalue weighted by Gasteiger charge is 2.35. The zero-order valence-corrected chi connectivity index (χ0v) is 23.2. The van der Waals surface area contributed by atoms with E-state index in [1.165, 1.54) is 4.90 Å². The van der Waals surface area contributed by atoms with Crippen LogP contribution in [0.15, 0.2) is 47.5 Å². The Morgan fingerprint density at radius 3 is 2.79 bits per heavy atom. The fourth-order valence-electron chi connectivity index (χ4n) is 4.83. The van der Waals surface area contributed by atoms with E-state index in [1.54, 1.807) is 24.3 Å². The summed E-state index contributed by atoms with van der Waals surface area (Å²) >= 11 is 13.0. The maximum Gasteiger partial charge on any atom is 0.293 e. The van der Waals surface area contributed by atoms with E-state index in [0.29, 0.717) is 27.1 Å². The Morgan fingerprint density at radius 1 is 1.21 bits per heavy atom. The number of para-hydroxylation sites is 1. The van der Waals surface area contributed by atoms with Crippen LogP contribution in [0, 0.1) is 0 Å². The Hall–Kier alpha value is -2.78. The Balaban J connectivity index is 1.40. The van der Waals surface area contributed by atoms with Crippen LogP contribution in [0.4, 0.5) is 4.79 Å². The van der Waals surface area contributed by atoms with Crippen molar-refractivity contribution >= 4 is 69.0 Å². The fraction of sp³-hybridized carbons (Fsp3) is 0.321. The van der Waals surface area contributed by atoms with Gasteiger partial charge in [0.25, 0.3) is 11.1 Å². The van der Waals surface area contributed by atoms with Gasteiger partial charge in [-0.2, -0.15) is 0 Å². The predicted octanol–water partition coefficient (Wildman–Crippen LogP) is 6.04. The molecule has 1 N–H and O–H groups in total. The topological polar surface area (TPSA) is 80.6 Å². The van der Waals surface area contributed by atoms with Gasteiger partial charge in [-0.05, 0) is 60.4 Å². The summed E-state index contributed by atoms with van der Waals surface area (Å²) in [5.41, 5.74) is 3.54. The van der Waals surface area contributed by atoms with Crippen LogP contribution in [0.2, 0.25) is 10.0 Å². The molecule has 2 aliphatic heterocycles. The average Bonchev–Trinajstić information content (AvgIpc) is 3.61. The van der Waals surface area contributed by atoms with Crippen LogP contribution in [0.5, 0.6) is 0 Å². The number of imide groups is 1. The number of aryl methyl sites for hydroxylation is 1. The van der Waals surface area contributed by atoms with Crippen molar-refractivity contribution in [2.45, 2.75) is 45.4 Å². The van der Waals surface area contributed by atoms with Gasteiger partial charge in [0.15, 0.2) is 0 Å². The highest BCUT2D eigenvalue weighted by molar-refractivity contribution is 8.18. The SMILES string of the molecule is CCc1cccc2c(/C=C3\SC(=O)N(Cc4ccc(Cl)c(Cl)c4)C3=O)cn(CC(=O)NC[C@@H]3CCCO3)c12. The summed E-state index contributed by atoms with van der Waals surface area (Å²) in [6.45, 7) is 3.55. The zero-order valence-electron chi connectivity index (χ0n) is 20.8. The van der Waals surface area contributed by atoms with Crippen molar-refractivity contribution in [3.8, 4) is 0 Å². The molecule has 0 unspecified atom stereocenters. The van der Waals surface area contributed by atoms with Crippen molar-refractivity contribution in [3.63, 3.8) is 0 Å². The number of fused-ring (bicyclic) bond motifs is 1. The molecule has 1 atom stereocenters. The number of hydrogen-bond acceptors (Lipinski definition) is 5. The molecule has 7 nitrogen and oxygen atoms in total. The first kappa shape index (κ1) is 26.8. The highest BCUT2D eigenvalue weighted by atomic mass is 35.5. The van der Waals surface area contributed by atoms with Gasteiger partial charge < -0.3 is 14.6 Å². The molecule has 10 heteroatoms. The van der Waals surface area contributed by atoms with Gasteiger partial charge >= 0.3 is 0 Å². The number of nitrogens with one attached hydrogen (secondary N) is 1. The van der Waals surface area contributed by atoms with Gasteiger partial charge in [-0.15, -0.1) is 0 Å². The lowest BCUT2D eigenvalue weighted by Crippen LogP contribution is -2.34. The van der Waals surface area contributed by atoms with E-state index in [-0.39, 0.29) is 36.2 Å². The summed E-state index contributed by atoms with van der Waals surface area (Å²) in [5, 5.41) is 4.33. The molecule has 0 aliphatic carbocycles. The number of thioether (sulfide) groups is 1. The van der Waals surface area contributed by atoms with Gasteiger partial charge in [-0.3, -0.25) is 19.3 Å². The van der Waals surface area contributed by atoms with E-state index in [0.717, 1.165) is 59.7 Å². The second-order valence-corrected chi connectivity index (χ2v) is 11.1. The molecule has 198 valence electrons. The van der Waals surface area contributed by atoms with Crippen molar-refractivity contribution in [2.75, 3.05) is 13.2 Å². The van der Waals surface area contributed by atoms with Gasteiger partial charge in [0.05, 0.1) is 33.1 Å². The van der Waals surface area contributed by atoms with Gasteiger partial charge in [0.2, 0.25) is 5.91 Å². The lowest BCUT2D eigenvalue weighted by molar-refractivity contribution is -0.123. The van der Waals surface area contributed by atoms with E-state index < -0.39 is 0 Å². The van der Waals surface area contributed by atoms with Gasteiger partial charge in [-0.1, -0.05) is 54.4 Å². The Morgan fingerprint density at radius 2 is 2.05 bits per heavy atom. The maximum atomic E-state index is 13.2. The number of amides is 3. The molecule has 2 fully saturated rings. The summed E-state index contributed by atoms with van der Waals surface area (Å²) in [5.74, 6) is -0.468. The molecule has 2 aliphatic rings. The largest absolute Gasteiger partial charge is 0.376 e. The number of hydrogen-bond donors (Lipinski definition) is 1. The first-order valence-corrected chi connectivity index (χ1v) is 14.1. The zero-order chi connectivity index (χ0) is 26.8. The van der Waals surface area contributed by atoms with Crippen molar-refractivity contribution in [2.24, 2.45) is 0 Å². The minimum atomic E-state index is -0.368. The number of benzene rings is 2. The van der Waals surface area contributed by atoms with Crippen LogP contribution in [-0.2, 0) is 33.8 Å². The smallest absolute Gasteiger partial charge is 0.293 e. The van der Waals surface area contributed by atoms with Crippen LogP contribution < -0.4 is 5.32 Å². The molecule has 0 radical (unpaired) electrons. The molecule has 0 saturated carbocycles. The summed E-state index contributed by atoms with van der Waals surface area (Å²) in [6, 6.07) is 11.0. The predicted molar refractivity (Wildman–Crippen MR) is 151 cm³/mol. The van der Waals surface area contributed by atoms with Crippen molar-refractivity contribution < 1.29 is 19.1 Å². The Labute approximate surface area is 235 Å². The molecule has 2 aromatic carbocycles. The average molecular weight is 573 g/mol. The molecule has 3 heterocycles. The third kappa shape index (κ3) is 5.64. The molecule has 5 rings (SSSR count). The first-order valence-electron chi connectivity index (χ1n) is 12.5. The van der Waals surface area contributed by atoms with E-state index in [9.17, 15) is 14.4 Å². The molecule has 3 aromatic rings. The third-order valence-electron chi connectivity index (χ3n) is 6.74. The first-order chi connectivity index (χ1) is 18.3. The molecule has 0 bridgehead atoms. The van der Waals surface area contributed by atoms with Gasteiger partial charge in [-0.25, -0.2) is 0 Å². The molecule has 1 aromatic heterocycles. The summed E-state index contributed by atoms with van der Waals surface area (Å²) in [6.07, 6.45) is 6.45. The van der Waals surface area contributed by atoms with Crippen LogP contribution in [-0.4, -0.2) is 45.8 Å². The monoisotopic (exact) mass is 571 g/mol. The van der Waals surface area contributed by atoms with Crippen LogP contribution in [0.25, 0.3) is 17.0 Å². The van der Waals surface area contributed by atoms with E-state index in [1.807, 2.05) is 29.0 Å². The fourth-order valence-corrected chi connectivity index (χ4v) is 5.98. The summed E-state index contributed by atoms with van der Waals surface area (Å²) < 4.78 is 7.53. The summed E-state index contributed by atoms with van der Waals surface area (Å²) in [4.78, 5) is 40.3. The van der Waals surface area contributed by atoms with Crippen LogP contribution >= 0.6 is 35.0 Å². The summed E-state index contributed by atoms with van der Waals surface area (Å²) in [7, 11) is 0. The van der Waals surface area contributed by atoms with Gasteiger partial charge in [0, 0.05) is 30.3 Å². The lowest BCUT2D eigenvalue weighted by atomic mass is 10.1. The Kier molecular flexibility index (Phi) is 8.14. The number of nitrogens with zero attached hydrogens (tertiary/aromatic N) is 2. The van der Waals surface area contributed by atoms with Crippen molar-refractivity contribution in [3.05, 3.63) is 74.2 Å². The normalized spacial score (nSPS) is 18.8. The third-order valence-corrected chi connectivity index (χ3v) is 8.39. The van der Waals surface area contributed by atoms with Crippen LogP contribution in [0.3, 0.4) is 0 Å². The van der Waals surface area contributed by atoms with E-state index in [4.69, 9.17) is 27.9 Å². The van der Waals surface area contributed by atoms with Gasteiger partial charge in [0.1, 0.15) is 6.54 Å². The van der Waals surface area contributed by atoms with Crippen molar-refractivity contribution in [1.82, 2.24) is 14.8 Å².